The van der Waals surface area contributed by atoms with E-state index in [0.29, 0.717) is 24.0 Å². The molecular weight excluding hydrogens is 318 g/mol. The standard InChI is InChI=1S/C19H23N3O3/c1-11-7-8-15-16(9-11)25-18(20-15)22-10-13-12(17(23)21-24)5-4-6-14(13)19(22,2)3/h4-6,11,24H,7-10H2,1-3H3,(H,21,23). The summed E-state index contributed by atoms with van der Waals surface area (Å²) in [7, 11) is 0. The van der Waals surface area contributed by atoms with Crippen molar-refractivity contribution in [2.24, 2.45) is 5.92 Å². The number of nitrogens with one attached hydrogen (secondary N) is 1. The van der Waals surface area contributed by atoms with Gasteiger partial charge in [0, 0.05) is 18.5 Å². The maximum absolute atomic E-state index is 12.0. The summed E-state index contributed by atoms with van der Waals surface area (Å²) in [5.74, 6) is 1.13. The number of amides is 1. The molecule has 0 spiro atoms. The van der Waals surface area contributed by atoms with E-state index in [1.54, 1.807) is 11.5 Å². The minimum Gasteiger partial charge on any atom is -0.428 e. The molecular formula is C19H23N3O3. The lowest BCUT2D eigenvalue weighted by Crippen LogP contribution is -2.35. The smallest absolute Gasteiger partial charge is 0.298 e. The molecule has 4 rings (SSSR count). The van der Waals surface area contributed by atoms with Crippen LogP contribution in [-0.4, -0.2) is 16.1 Å². The maximum Gasteiger partial charge on any atom is 0.298 e. The Hall–Kier alpha value is -2.34. The van der Waals surface area contributed by atoms with E-state index in [2.05, 4.69) is 25.7 Å². The first kappa shape index (κ1) is 16.1. The topological polar surface area (TPSA) is 78.6 Å². The highest BCUT2D eigenvalue weighted by molar-refractivity contribution is 5.95. The molecule has 0 fully saturated rings. The molecule has 0 radical (unpaired) electrons. The minimum absolute atomic E-state index is 0.347. The van der Waals surface area contributed by atoms with Crippen LogP contribution in [0, 0.1) is 5.92 Å². The molecule has 6 nitrogen and oxygen atoms in total. The molecule has 1 aliphatic carbocycles. The van der Waals surface area contributed by atoms with Crippen molar-refractivity contribution in [2.75, 3.05) is 4.90 Å². The molecule has 6 heteroatoms. The monoisotopic (exact) mass is 341 g/mol. The zero-order valence-corrected chi connectivity index (χ0v) is 14.8. The number of anilines is 1. The van der Waals surface area contributed by atoms with Crippen LogP contribution in [0.15, 0.2) is 22.6 Å². The van der Waals surface area contributed by atoms with Gasteiger partial charge < -0.3 is 9.32 Å². The Kier molecular flexibility index (Phi) is 3.61. The number of hydrogen-bond donors (Lipinski definition) is 2. The molecule has 2 aliphatic rings. The van der Waals surface area contributed by atoms with Crippen LogP contribution in [0.2, 0.25) is 0 Å². The molecule has 0 bridgehead atoms. The van der Waals surface area contributed by atoms with Crippen molar-refractivity contribution in [2.45, 2.75) is 52.1 Å². The number of oxazole rings is 1. The average Bonchev–Trinajstić information content (AvgIpc) is 3.12. The van der Waals surface area contributed by atoms with Crippen molar-refractivity contribution in [3.8, 4) is 0 Å². The van der Waals surface area contributed by atoms with Crippen LogP contribution in [0.1, 0.15) is 60.1 Å². The summed E-state index contributed by atoms with van der Waals surface area (Å²) in [6, 6.07) is 6.22. The predicted molar refractivity (Wildman–Crippen MR) is 92.6 cm³/mol. The third kappa shape index (κ3) is 2.43. The normalized spacial score (nSPS) is 21.0. The summed E-state index contributed by atoms with van der Waals surface area (Å²) in [4.78, 5) is 18.9. The number of hydroxylamine groups is 1. The predicted octanol–water partition coefficient (Wildman–Crippen LogP) is 3.17. The SMILES string of the molecule is CC1CCc2nc(N3Cc4c(C(=O)NO)cccc4C3(C)C)oc2C1. The van der Waals surface area contributed by atoms with Crippen molar-refractivity contribution < 1.29 is 14.4 Å². The molecule has 2 heterocycles. The zero-order valence-electron chi connectivity index (χ0n) is 14.8. The third-order valence-electron chi connectivity index (χ3n) is 5.58. The first-order valence-corrected chi connectivity index (χ1v) is 8.75. The second-order valence-corrected chi connectivity index (χ2v) is 7.63. The van der Waals surface area contributed by atoms with Gasteiger partial charge in [-0.15, -0.1) is 0 Å². The van der Waals surface area contributed by atoms with E-state index in [0.717, 1.165) is 41.8 Å². The van der Waals surface area contributed by atoms with Gasteiger partial charge in [-0.3, -0.25) is 10.0 Å². The van der Waals surface area contributed by atoms with Gasteiger partial charge in [-0.05, 0) is 49.8 Å². The molecule has 2 aromatic rings. The molecule has 1 aromatic heterocycles. The molecule has 132 valence electrons. The quantitative estimate of drug-likeness (QED) is 0.648. The van der Waals surface area contributed by atoms with Gasteiger partial charge in [-0.1, -0.05) is 19.1 Å². The summed E-state index contributed by atoms with van der Waals surface area (Å²) in [6.07, 6.45) is 3.03. The van der Waals surface area contributed by atoms with Crippen molar-refractivity contribution in [3.05, 3.63) is 46.3 Å². The van der Waals surface area contributed by atoms with Crippen LogP contribution < -0.4 is 10.4 Å². The number of rotatable bonds is 2. The Morgan fingerprint density at radius 1 is 1.44 bits per heavy atom. The van der Waals surface area contributed by atoms with E-state index in [9.17, 15) is 4.79 Å². The summed E-state index contributed by atoms with van der Waals surface area (Å²) in [6.45, 7) is 6.97. The minimum atomic E-state index is -0.491. The van der Waals surface area contributed by atoms with E-state index >= 15 is 0 Å². The summed E-state index contributed by atoms with van der Waals surface area (Å²) >= 11 is 0. The van der Waals surface area contributed by atoms with E-state index in [4.69, 9.17) is 14.6 Å². The van der Waals surface area contributed by atoms with E-state index in [1.165, 1.54) is 0 Å². The Bertz CT molecular complexity index is 840. The van der Waals surface area contributed by atoms with Crippen LogP contribution in [0.25, 0.3) is 0 Å². The van der Waals surface area contributed by atoms with E-state index < -0.39 is 5.91 Å². The fraction of sp³-hybridized carbons (Fsp3) is 0.474. The highest BCUT2D eigenvalue weighted by Gasteiger charge is 2.42. The lowest BCUT2D eigenvalue weighted by molar-refractivity contribution is 0.0705. The number of nitrogens with zero attached hydrogens (tertiary/aromatic N) is 2. The third-order valence-corrected chi connectivity index (χ3v) is 5.58. The largest absolute Gasteiger partial charge is 0.428 e. The highest BCUT2D eigenvalue weighted by atomic mass is 16.5. The Morgan fingerprint density at radius 2 is 2.24 bits per heavy atom. The highest BCUT2D eigenvalue weighted by Crippen LogP contribution is 2.43. The van der Waals surface area contributed by atoms with Crippen LogP contribution in [0.4, 0.5) is 6.01 Å². The van der Waals surface area contributed by atoms with Gasteiger partial charge in [-0.2, -0.15) is 4.98 Å². The number of carbonyl (C=O) groups is 1. The van der Waals surface area contributed by atoms with Gasteiger partial charge >= 0.3 is 0 Å². The second-order valence-electron chi connectivity index (χ2n) is 7.63. The van der Waals surface area contributed by atoms with E-state index in [-0.39, 0.29) is 5.54 Å². The molecule has 2 N–H and O–H groups in total. The molecule has 1 aromatic carbocycles. The molecule has 0 saturated heterocycles. The van der Waals surface area contributed by atoms with Crippen LogP contribution in [0.3, 0.4) is 0 Å². The van der Waals surface area contributed by atoms with Crippen LogP contribution >= 0.6 is 0 Å². The van der Waals surface area contributed by atoms with Crippen molar-refractivity contribution in [1.82, 2.24) is 10.5 Å². The fourth-order valence-corrected chi connectivity index (χ4v) is 4.05. The Balaban J connectivity index is 1.75. The zero-order chi connectivity index (χ0) is 17.8. The van der Waals surface area contributed by atoms with Gasteiger partial charge in [0.15, 0.2) is 0 Å². The number of aromatic nitrogens is 1. The van der Waals surface area contributed by atoms with Crippen molar-refractivity contribution >= 4 is 11.9 Å². The van der Waals surface area contributed by atoms with Gasteiger partial charge in [0.05, 0.1) is 11.2 Å². The molecule has 25 heavy (non-hydrogen) atoms. The van der Waals surface area contributed by atoms with Crippen molar-refractivity contribution in [3.63, 3.8) is 0 Å². The Morgan fingerprint density at radius 3 is 3.00 bits per heavy atom. The fourth-order valence-electron chi connectivity index (χ4n) is 4.05. The number of benzene rings is 1. The first-order chi connectivity index (χ1) is 11.9. The van der Waals surface area contributed by atoms with Gasteiger partial charge in [0.2, 0.25) is 0 Å². The number of carbonyl (C=O) groups excluding carboxylic acids is 1. The number of aryl methyl sites for hydroxylation is 1. The molecule has 1 unspecified atom stereocenters. The van der Waals surface area contributed by atoms with Gasteiger partial charge in [0.1, 0.15) is 5.76 Å². The number of hydrogen-bond acceptors (Lipinski definition) is 5. The number of fused-ring (bicyclic) bond motifs is 2. The average molecular weight is 341 g/mol. The maximum atomic E-state index is 12.0. The van der Waals surface area contributed by atoms with Crippen molar-refractivity contribution in [1.29, 1.82) is 0 Å². The molecule has 1 atom stereocenters. The molecule has 1 aliphatic heterocycles. The lowest BCUT2D eigenvalue weighted by atomic mass is 9.91. The Labute approximate surface area is 146 Å². The van der Waals surface area contributed by atoms with Gasteiger partial charge in [-0.25, -0.2) is 5.48 Å². The van der Waals surface area contributed by atoms with Crippen LogP contribution in [0.5, 0.6) is 0 Å². The molecule has 0 saturated carbocycles. The second kappa shape index (κ2) is 5.59. The van der Waals surface area contributed by atoms with Crippen LogP contribution in [-0.2, 0) is 24.9 Å². The van der Waals surface area contributed by atoms with E-state index in [1.807, 2.05) is 12.1 Å². The first-order valence-electron chi connectivity index (χ1n) is 8.75. The summed E-state index contributed by atoms with van der Waals surface area (Å²) < 4.78 is 6.12. The lowest BCUT2D eigenvalue weighted by Gasteiger charge is -2.31. The summed E-state index contributed by atoms with van der Waals surface area (Å²) in [5.41, 5.74) is 4.90. The van der Waals surface area contributed by atoms with Gasteiger partial charge in [0.25, 0.3) is 11.9 Å². The summed E-state index contributed by atoms with van der Waals surface area (Å²) in [5, 5.41) is 9.02. The molecule has 1 amide bonds.